The summed E-state index contributed by atoms with van der Waals surface area (Å²) in [6.07, 6.45) is 3.82. The van der Waals surface area contributed by atoms with Crippen molar-refractivity contribution in [3.63, 3.8) is 0 Å². The van der Waals surface area contributed by atoms with E-state index in [1.54, 1.807) is 0 Å². The highest BCUT2D eigenvalue weighted by Crippen LogP contribution is 2.29. The molecule has 0 aromatic heterocycles. The molecule has 0 spiro atoms. The van der Waals surface area contributed by atoms with Gasteiger partial charge in [0.25, 0.3) is 0 Å². The van der Waals surface area contributed by atoms with E-state index < -0.39 is 7.38 Å². The van der Waals surface area contributed by atoms with Crippen LogP contribution in [-0.2, 0) is 0 Å². The van der Waals surface area contributed by atoms with Crippen LogP contribution in [0.5, 0.6) is 0 Å². The van der Waals surface area contributed by atoms with Crippen LogP contribution in [0.3, 0.4) is 0 Å². The average molecular weight is 193 g/mol. The minimum atomic E-state index is -1.28. The zero-order valence-electron chi connectivity index (χ0n) is 8.12. The highest BCUT2D eigenvalue weighted by Gasteiger charge is 2.26. The standard InChI is InChI=1S/C9H21ClSi/c1-4-7-11(10,8-5-2)9-6-3/h4-9H2,1-3H3. The molecule has 0 N–H and O–H groups in total. The molecule has 68 valence electrons. The van der Waals surface area contributed by atoms with E-state index >= 15 is 0 Å². The molecule has 0 aliphatic carbocycles. The Balaban J connectivity index is 3.79. The third-order valence-corrected chi connectivity index (χ3v) is 7.98. The molecule has 0 aliphatic rings. The van der Waals surface area contributed by atoms with Crippen LogP contribution in [0.15, 0.2) is 0 Å². The number of rotatable bonds is 6. The predicted molar refractivity (Wildman–Crippen MR) is 56.9 cm³/mol. The lowest BCUT2D eigenvalue weighted by Gasteiger charge is -2.22. The van der Waals surface area contributed by atoms with Gasteiger partial charge < -0.3 is 0 Å². The highest BCUT2D eigenvalue weighted by atomic mass is 35.6. The van der Waals surface area contributed by atoms with Crippen molar-refractivity contribution < 1.29 is 0 Å². The predicted octanol–water partition coefficient (Wildman–Crippen LogP) is 4.40. The van der Waals surface area contributed by atoms with Crippen LogP contribution in [0.1, 0.15) is 40.0 Å². The van der Waals surface area contributed by atoms with Gasteiger partial charge in [-0.2, -0.15) is 11.1 Å². The fourth-order valence-corrected chi connectivity index (χ4v) is 6.86. The summed E-state index contributed by atoms with van der Waals surface area (Å²) in [5, 5.41) is 0. The molecule has 0 heterocycles. The van der Waals surface area contributed by atoms with Gasteiger partial charge in [0.05, 0.1) is 0 Å². The Morgan fingerprint density at radius 2 is 1.09 bits per heavy atom. The smallest absolute Gasteiger partial charge is 0.156 e. The fourth-order valence-electron chi connectivity index (χ4n) is 1.72. The normalized spacial score (nSPS) is 12.0. The SMILES string of the molecule is CCC[Si](Cl)(CCC)CCC. The van der Waals surface area contributed by atoms with E-state index in [2.05, 4.69) is 20.8 Å². The van der Waals surface area contributed by atoms with Gasteiger partial charge in [-0.3, -0.25) is 0 Å². The van der Waals surface area contributed by atoms with Crippen LogP contribution in [-0.4, -0.2) is 7.38 Å². The Kier molecular flexibility index (Phi) is 6.35. The monoisotopic (exact) mass is 192 g/mol. The molecule has 0 fully saturated rings. The zero-order valence-corrected chi connectivity index (χ0v) is 9.88. The summed E-state index contributed by atoms with van der Waals surface area (Å²) in [4.78, 5) is 0. The summed E-state index contributed by atoms with van der Waals surface area (Å²) < 4.78 is 0. The van der Waals surface area contributed by atoms with Crippen molar-refractivity contribution >= 4 is 18.5 Å². The molecule has 0 nitrogen and oxygen atoms in total. The van der Waals surface area contributed by atoms with Crippen LogP contribution >= 0.6 is 11.1 Å². The molecule has 0 aliphatic heterocycles. The first-order valence-electron chi connectivity index (χ1n) is 4.87. The van der Waals surface area contributed by atoms with Crippen LogP contribution in [0.4, 0.5) is 0 Å². The Bertz CT molecular complexity index is 76.5. The minimum Gasteiger partial charge on any atom is -0.167 e. The van der Waals surface area contributed by atoms with Crippen molar-refractivity contribution in [3.05, 3.63) is 0 Å². The second kappa shape index (κ2) is 6.07. The lowest BCUT2D eigenvalue weighted by Crippen LogP contribution is -2.25. The van der Waals surface area contributed by atoms with Gasteiger partial charge in [-0.05, 0) is 18.1 Å². The van der Waals surface area contributed by atoms with Crippen LogP contribution in [0.25, 0.3) is 0 Å². The second-order valence-corrected chi connectivity index (χ2v) is 9.61. The largest absolute Gasteiger partial charge is 0.167 e. The molecule has 0 atom stereocenters. The summed E-state index contributed by atoms with van der Waals surface area (Å²) in [7, 11) is -1.28. The topological polar surface area (TPSA) is 0 Å². The van der Waals surface area contributed by atoms with E-state index in [1.165, 1.54) is 37.4 Å². The Labute approximate surface area is 77.0 Å². The molecule has 0 aromatic rings. The van der Waals surface area contributed by atoms with Gasteiger partial charge >= 0.3 is 0 Å². The van der Waals surface area contributed by atoms with Crippen LogP contribution in [0, 0.1) is 0 Å². The number of halogens is 1. The van der Waals surface area contributed by atoms with Crippen molar-refractivity contribution in [1.82, 2.24) is 0 Å². The number of hydrogen-bond donors (Lipinski definition) is 0. The van der Waals surface area contributed by atoms with Crippen molar-refractivity contribution in [2.24, 2.45) is 0 Å². The molecule has 0 aromatic carbocycles. The molecule has 0 saturated carbocycles. The molecule has 2 heteroatoms. The van der Waals surface area contributed by atoms with Gasteiger partial charge in [0, 0.05) is 0 Å². The Morgan fingerprint density at radius 1 is 0.818 bits per heavy atom. The first-order chi connectivity index (χ1) is 5.18. The molecular weight excluding hydrogens is 172 g/mol. The first-order valence-corrected chi connectivity index (χ1v) is 8.50. The van der Waals surface area contributed by atoms with Crippen molar-refractivity contribution in [1.29, 1.82) is 0 Å². The first kappa shape index (κ1) is 11.5. The van der Waals surface area contributed by atoms with Crippen molar-refractivity contribution in [3.8, 4) is 0 Å². The van der Waals surface area contributed by atoms with Crippen LogP contribution < -0.4 is 0 Å². The Hall–Kier alpha value is 0.507. The second-order valence-electron chi connectivity index (χ2n) is 3.40. The summed E-state index contributed by atoms with van der Waals surface area (Å²) in [5.41, 5.74) is 0. The van der Waals surface area contributed by atoms with Crippen LogP contribution in [0.2, 0.25) is 18.1 Å². The summed E-state index contributed by atoms with van der Waals surface area (Å²) in [6, 6.07) is 3.95. The molecule has 11 heavy (non-hydrogen) atoms. The van der Waals surface area contributed by atoms with Crippen molar-refractivity contribution in [2.75, 3.05) is 0 Å². The van der Waals surface area contributed by atoms with Gasteiger partial charge in [0.15, 0.2) is 7.38 Å². The molecule has 0 amide bonds. The highest BCUT2D eigenvalue weighted by molar-refractivity contribution is 7.20. The van der Waals surface area contributed by atoms with E-state index in [9.17, 15) is 0 Å². The molecule has 0 saturated heterocycles. The summed E-state index contributed by atoms with van der Waals surface area (Å²) in [6.45, 7) is 6.74. The van der Waals surface area contributed by atoms with Gasteiger partial charge in [0.2, 0.25) is 0 Å². The van der Waals surface area contributed by atoms with Gasteiger partial charge in [-0.25, -0.2) is 0 Å². The zero-order chi connectivity index (χ0) is 8.74. The molecule has 0 rings (SSSR count). The van der Waals surface area contributed by atoms with E-state index in [4.69, 9.17) is 11.1 Å². The summed E-state index contributed by atoms with van der Waals surface area (Å²) in [5.74, 6) is 0. The molecule has 0 radical (unpaired) electrons. The van der Waals surface area contributed by atoms with Crippen molar-refractivity contribution in [2.45, 2.75) is 58.2 Å². The van der Waals surface area contributed by atoms with Gasteiger partial charge in [-0.15, -0.1) is 0 Å². The fraction of sp³-hybridized carbons (Fsp3) is 1.00. The summed E-state index contributed by atoms with van der Waals surface area (Å²) >= 11 is 6.58. The van der Waals surface area contributed by atoms with E-state index in [0.29, 0.717) is 0 Å². The maximum atomic E-state index is 6.58. The van der Waals surface area contributed by atoms with Gasteiger partial charge in [-0.1, -0.05) is 40.0 Å². The van der Waals surface area contributed by atoms with E-state index in [1.807, 2.05) is 0 Å². The maximum Gasteiger partial charge on any atom is 0.156 e. The molecule has 0 bridgehead atoms. The number of hydrogen-bond acceptors (Lipinski definition) is 0. The van der Waals surface area contributed by atoms with Gasteiger partial charge in [0.1, 0.15) is 0 Å². The molecular formula is C9H21ClSi. The lowest BCUT2D eigenvalue weighted by molar-refractivity contribution is 0.948. The van der Waals surface area contributed by atoms with E-state index in [-0.39, 0.29) is 0 Å². The third kappa shape index (κ3) is 4.86. The quantitative estimate of drug-likeness (QED) is 0.432. The Morgan fingerprint density at radius 3 is 1.27 bits per heavy atom. The maximum absolute atomic E-state index is 6.58. The minimum absolute atomic E-state index is 1.27. The molecule has 0 unspecified atom stereocenters. The average Bonchev–Trinajstić information content (AvgIpc) is 1.88. The third-order valence-electron chi connectivity index (χ3n) is 2.09. The van der Waals surface area contributed by atoms with E-state index in [0.717, 1.165) is 0 Å². The lowest BCUT2D eigenvalue weighted by atomic mass is 10.6.